The molecular formula is C29H28F3N5O4. The lowest BCUT2D eigenvalue weighted by molar-refractivity contribution is -0.274. The first-order valence-electron chi connectivity index (χ1n) is 13.4. The first-order chi connectivity index (χ1) is 19.5. The van der Waals surface area contributed by atoms with Crippen LogP contribution >= 0.6 is 0 Å². The molecule has 2 N–H and O–H groups in total. The standard InChI is InChI=1S/C29H28F3N5O4/c1-15(2)13-37-14-20(12-33-37)18-7-19(9-21(8-18)40-29(30,31)32)28-35-27(36-41-28)17-4-6-24-23(10-17)22-5-3-16(11-25(38)39)26(22)34-24/h6-10,12,14-17,34H,3-5,11,13H2,1-2H3,(H,38,39). The van der Waals surface area contributed by atoms with Crippen LogP contribution in [0, 0.1) is 5.92 Å². The van der Waals surface area contributed by atoms with Crippen molar-refractivity contribution in [2.45, 2.75) is 64.3 Å². The van der Waals surface area contributed by atoms with Crippen LogP contribution in [0.4, 0.5) is 13.2 Å². The topological polar surface area (TPSA) is 119 Å². The minimum atomic E-state index is -4.87. The van der Waals surface area contributed by atoms with Crippen molar-refractivity contribution in [1.82, 2.24) is 24.9 Å². The lowest BCUT2D eigenvalue weighted by atomic mass is 9.97. The highest BCUT2D eigenvalue weighted by molar-refractivity contribution is 5.71. The van der Waals surface area contributed by atoms with Crippen LogP contribution in [-0.2, 0) is 17.8 Å². The molecule has 6 rings (SSSR count). The van der Waals surface area contributed by atoms with Gasteiger partial charge in [-0.2, -0.15) is 10.1 Å². The van der Waals surface area contributed by atoms with Crippen molar-refractivity contribution in [2.75, 3.05) is 0 Å². The number of nitrogens with zero attached hydrogens (tertiary/aromatic N) is 4. The van der Waals surface area contributed by atoms with Crippen molar-refractivity contribution >= 4 is 18.1 Å². The summed E-state index contributed by atoms with van der Waals surface area (Å²) in [5.74, 6) is -0.641. The molecule has 4 aromatic rings. The molecule has 0 saturated heterocycles. The summed E-state index contributed by atoms with van der Waals surface area (Å²) in [5.41, 5.74) is 3.49. The zero-order chi connectivity index (χ0) is 28.9. The van der Waals surface area contributed by atoms with E-state index in [1.807, 2.05) is 19.9 Å². The van der Waals surface area contributed by atoms with Gasteiger partial charge in [-0.15, -0.1) is 13.2 Å². The molecule has 3 aromatic heterocycles. The van der Waals surface area contributed by atoms with E-state index in [2.05, 4.69) is 31.0 Å². The van der Waals surface area contributed by atoms with E-state index in [1.165, 1.54) is 12.1 Å². The summed E-state index contributed by atoms with van der Waals surface area (Å²) in [5, 5.41) is 19.7. The van der Waals surface area contributed by atoms with Crippen molar-refractivity contribution in [1.29, 1.82) is 0 Å². The van der Waals surface area contributed by atoms with Crippen LogP contribution < -0.4 is 15.3 Å². The number of aromatic amines is 1. The van der Waals surface area contributed by atoms with Gasteiger partial charge in [-0.25, -0.2) is 0 Å². The lowest BCUT2D eigenvalue weighted by Crippen LogP contribution is -2.29. The molecule has 2 aliphatic rings. The normalized spacial score (nSPS) is 18.1. The minimum Gasteiger partial charge on any atom is -0.481 e. The van der Waals surface area contributed by atoms with Gasteiger partial charge >= 0.3 is 12.3 Å². The first kappa shape index (κ1) is 26.9. The van der Waals surface area contributed by atoms with E-state index in [1.54, 1.807) is 23.1 Å². The van der Waals surface area contributed by atoms with E-state index in [-0.39, 0.29) is 29.7 Å². The Bertz CT molecular complexity index is 1730. The molecule has 2 unspecified atom stereocenters. The Morgan fingerprint density at radius 3 is 2.80 bits per heavy atom. The maximum Gasteiger partial charge on any atom is 0.573 e. The molecule has 214 valence electrons. The molecule has 2 aliphatic carbocycles. The molecule has 0 radical (unpaired) electrons. The molecular weight excluding hydrogens is 539 g/mol. The first-order valence-corrected chi connectivity index (χ1v) is 13.4. The fourth-order valence-electron chi connectivity index (χ4n) is 5.71. The Kier molecular flexibility index (Phi) is 6.71. The summed E-state index contributed by atoms with van der Waals surface area (Å²) in [7, 11) is 0. The number of fused-ring (bicyclic) bond motifs is 3. The smallest absolute Gasteiger partial charge is 0.481 e. The van der Waals surface area contributed by atoms with Crippen LogP contribution in [0.3, 0.4) is 0 Å². The summed E-state index contributed by atoms with van der Waals surface area (Å²) >= 11 is 0. The fraction of sp³-hybridized carbons (Fsp3) is 0.379. The number of aliphatic carboxylic acids is 1. The van der Waals surface area contributed by atoms with E-state index in [9.17, 15) is 23.1 Å². The molecule has 12 heteroatoms. The summed E-state index contributed by atoms with van der Waals surface area (Å²) in [4.78, 5) is 19.2. The van der Waals surface area contributed by atoms with Gasteiger partial charge in [-0.3, -0.25) is 9.48 Å². The SMILES string of the molecule is CC(C)Cn1cc(-c2cc(OC(F)(F)F)cc(-c3nc(C4C=c5c6c([nH]c5=CC4)C(CC(=O)O)CC6)no3)c2)cn1. The predicted molar refractivity (Wildman–Crippen MR) is 142 cm³/mol. The average Bonchev–Trinajstić information content (AvgIpc) is 3.67. The monoisotopic (exact) mass is 567 g/mol. The third-order valence-corrected chi connectivity index (χ3v) is 7.40. The van der Waals surface area contributed by atoms with E-state index >= 15 is 0 Å². The third-order valence-electron chi connectivity index (χ3n) is 7.40. The largest absolute Gasteiger partial charge is 0.573 e. The van der Waals surface area contributed by atoms with Gasteiger partial charge in [-0.1, -0.05) is 31.2 Å². The van der Waals surface area contributed by atoms with Crippen molar-refractivity contribution < 1.29 is 32.3 Å². The quantitative estimate of drug-likeness (QED) is 0.316. The molecule has 41 heavy (non-hydrogen) atoms. The number of hydrogen-bond donors (Lipinski definition) is 2. The molecule has 9 nitrogen and oxygen atoms in total. The fourth-order valence-corrected chi connectivity index (χ4v) is 5.71. The van der Waals surface area contributed by atoms with Gasteiger partial charge in [0.25, 0.3) is 5.89 Å². The van der Waals surface area contributed by atoms with Gasteiger partial charge in [0, 0.05) is 46.7 Å². The van der Waals surface area contributed by atoms with Crippen LogP contribution in [0.2, 0.25) is 0 Å². The van der Waals surface area contributed by atoms with Crippen LogP contribution in [0.5, 0.6) is 5.75 Å². The molecule has 1 aromatic carbocycles. The summed E-state index contributed by atoms with van der Waals surface area (Å²) in [6.07, 6.45) is 4.83. The van der Waals surface area contributed by atoms with Crippen LogP contribution in [-0.4, -0.2) is 42.3 Å². The molecule has 0 amide bonds. The molecule has 2 atom stereocenters. The highest BCUT2D eigenvalue weighted by Crippen LogP contribution is 2.35. The Balaban J connectivity index is 1.32. The van der Waals surface area contributed by atoms with Gasteiger partial charge < -0.3 is 19.4 Å². The Labute approximate surface area is 232 Å². The molecule has 0 fully saturated rings. The number of carboxylic acids is 1. The second-order valence-corrected chi connectivity index (χ2v) is 11.0. The second-order valence-electron chi connectivity index (χ2n) is 11.0. The number of ether oxygens (including phenoxy) is 1. The maximum atomic E-state index is 13.2. The van der Waals surface area contributed by atoms with E-state index in [4.69, 9.17) is 4.52 Å². The third kappa shape index (κ3) is 5.63. The number of benzene rings is 1. The van der Waals surface area contributed by atoms with Gasteiger partial charge in [0.2, 0.25) is 0 Å². The summed E-state index contributed by atoms with van der Waals surface area (Å²) in [6, 6.07) is 4.21. The zero-order valence-corrected chi connectivity index (χ0v) is 22.4. The average molecular weight is 568 g/mol. The van der Waals surface area contributed by atoms with Crippen molar-refractivity contribution in [3.05, 3.63) is 58.2 Å². The van der Waals surface area contributed by atoms with Gasteiger partial charge in [0.05, 0.1) is 12.6 Å². The number of halogens is 3. The van der Waals surface area contributed by atoms with Crippen LogP contribution in [0.15, 0.2) is 35.1 Å². The summed E-state index contributed by atoms with van der Waals surface area (Å²) in [6.45, 7) is 4.76. The number of rotatable bonds is 8. The van der Waals surface area contributed by atoms with Gasteiger partial charge in [-0.05, 0) is 59.7 Å². The number of nitrogens with one attached hydrogen (secondary N) is 1. The van der Waals surface area contributed by atoms with Crippen molar-refractivity contribution in [3.63, 3.8) is 0 Å². The minimum absolute atomic E-state index is 0.0389. The molecule has 0 spiro atoms. The molecule has 3 heterocycles. The van der Waals surface area contributed by atoms with E-state index in [0.29, 0.717) is 35.8 Å². The number of alkyl halides is 3. The van der Waals surface area contributed by atoms with Gasteiger partial charge in [0.15, 0.2) is 5.82 Å². The van der Waals surface area contributed by atoms with Gasteiger partial charge in [0.1, 0.15) is 5.75 Å². The highest BCUT2D eigenvalue weighted by Gasteiger charge is 2.32. The number of H-pyrrole nitrogens is 1. The van der Waals surface area contributed by atoms with E-state index < -0.39 is 18.1 Å². The van der Waals surface area contributed by atoms with Crippen LogP contribution in [0.1, 0.15) is 62.0 Å². The zero-order valence-electron chi connectivity index (χ0n) is 22.4. The van der Waals surface area contributed by atoms with Crippen molar-refractivity contribution in [2.24, 2.45) is 5.92 Å². The number of aromatic nitrogens is 5. The van der Waals surface area contributed by atoms with Crippen molar-refractivity contribution in [3.8, 4) is 28.3 Å². The lowest BCUT2D eigenvalue weighted by Gasteiger charge is -2.11. The van der Waals surface area contributed by atoms with E-state index in [0.717, 1.165) is 34.7 Å². The number of carboxylic acid groups (broad SMARTS) is 1. The number of hydrogen-bond acceptors (Lipinski definition) is 6. The second kappa shape index (κ2) is 10.2. The Hall–Kier alpha value is -4.35. The molecule has 0 aliphatic heterocycles. The Morgan fingerprint density at radius 2 is 2.05 bits per heavy atom. The number of carbonyl (C=O) groups is 1. The predicted octanol–water partition coefficient (Wildman–Crippen LogP) is 4.74. The maximum absolute atomic E-state index is 13.2. The molecule has 0 saturated carbocycles. The highest BCUT2D eigenvalue weighted by atomic mass is 19.4. The summed E-state index contributed by atoms with van der Waals surface area (Å²) < 4.78 is 51.0. The van der Waals surface area contributed by atoms with Crippen LogP contribution in [0.25, 0.3) is 34.7 Å². The molecule has 0 bridgehead atoms. The Morgan fingerprint density at radius 1 is 1.24 bits per heavy atom.